The van der Waals surface area contributed by atoms with Gasteiger partial charge in [-0.05, 0) is 22.4 Å². The van der Waals surface area contributed by atoms with E-state index in [-0.39, 0.29) is 31.3 Å². The van der Waals surface area contributed by atoms with E-state index in [1.807, 2.05) is 0 Å². The van der Waals surface area contributed by atoms with Gasteiger partial charge < -0.3 is 20.6 Å². The van der Waals surface area contributed by atoms with E-state index in [1.54, 1.807) is 0 Å². The maximum Gasteiger partial charge on any atom is 0.408 e. The first-order valence-electron chi connectivity index (χ1n) is 8.16. The second-order valence-corrected chi connectivity index (χ2v) is 7.01. The highest BCUT2D eigenvalue weighted by Crippen LogP contribution is 2.19. The third-order valence-electron chi connectivity index (χ3n) is 4.18. The van der Waals surface area contributed by atoms with Crippen molar-refractivity contribution in [3.63, 3.8) is 0 Å². The molecule has 3 heterocycles. The molecule has 3 rings (SSSR count). The summed E-state index contributed by atoms with van der Waals surface area (Å²) in [6, 6.07) is -1.41. The number of carboxylic acid groups (broad SMARTS) is 1. The second-order valence-electron chi connectivity index (χ2n) is 6.09. The van der Waals surface area contributed by atoms with Crippen LogP contribution in [0.4, 0.5) is 4.79 Å². The number of rotatable bonds is 5. The second kappa shape index (κ2) is 8.29. The van der Waals surface area contributed by atoms with Crippen molar-refractivity contribution >= 4 is 38.5 Å². The number of hydrogen-bond donors (Lipinski definition) is 3. The van der Waals surface area contributed by atoms with Gasteiger partial charge in [0.05, 0.1) is 12.7 Å². The van der Waals surface area contributed by atoms with Crippen molar-refractivity contribution in [2.24, 2.45) is 5.16 Å². The summed E-state index contributed by atoms with van der Waals surface area (Å²) < 4.78 is 0.654. The van der Waals surface area contributed by atoms with E-state index >= 15 is 0 Å². The lowest BCUT2D eigenvalue weighted by molar-refractivity contribution is -0.125. The minimum Gasteiger partial charge on any atom is -0.465 e. The molecule has 0 radical (unpaired) electrons. The van der Waals surface area contributed by atoms with Crippen LogP contribution in [0.25, 0.3) is 0 Å². The first kappa shape index (κ1) is 19.0. The molecule has 3 amide bonds. The van der Waals surface area contributed by atoms with Crippen LogP contribution in [0.1, 0.15) is 23.3 Å². The minimum absolute atomic E-state index is 0.00795. The molecule has 27 heavy (non-hydrogen) atoms. The Morgan fingerprint density at radius 1 is 1.37 bits per heavy atom. The van der Waals surface area contributed by atoms with E-state index in [2.05, 4.69) is 41.7 Å². The number of hydrogen-bond acceptors (Lipinski definition) is 7. The topological polar surface area (TPSA) is 146 Å². The van der Waals surface area contributed by atoms with Gasteiger partial charge in [-0.3, -0.25) is 19.5 Å². The van der Waals surface area contributed by atoms with Crippen molar-refractivity contribution in [3.05, 3.63) is 24.3 Å². The highest BCUT2D eigenvalue weighted by molar-refractivity contribution is 9.18. The maximum absolute atomic E-state index is 12.4. The smallest absolute Gasteiger partial charge is 0.408 e. The third-order valence-corrected chi connectivity index (χ3v) is 4.65. The average molecular weight is 441 g/mol. The van der Waals surface area contributed by atoms with E-state index in [4.69, 9.17) is 4.84 Å². The van der Waals surface area contributed by atoms with Crippen LogP contribution in [-0.2, 0) is 9.63 Å². The molecule has 0 aliphatic carbocycles. The fourth-order valence-electron chi connectivity index (χ4n) is 2.91. The Hall–Kier alpha value is -2.76. The summed E-state index contributed by atoms with van der Waals surface area (Å²) in [6.07, 6.45) is 3.31. The quantitative estimate of drug-likeness (QED) is 0.580. The van der Waals surface area contributed by atoms with Gasteiger partial charge in [-0.2, -0.15) is 0 Å². The minimum atomic E-state index is -1.23. The predicted octanol–water partition coefficient (Wildman–Crippen LogP) is -0.0592. The molecule has 0 bridgehead atoms. The van der Waals surface area contributed by atoms with Gasteiger partial charge in [0.25, 0.3) is 5.91 Å². The van der Waals surface area contributed by atoms with E-state index < -0.39 is 30.0 Å². The first-order chi connectivity index (χ1) is 12.9. The Kier molecular flexibility index (Phi) is 5.84. The summed E-state index contributed by atoms with van der Waals surface area (Å²) in [5, 5.41) is 18.5. The average Bonchev–Trinajstić information content (AvgIpc) is 3.27. The van der Waals surface area contributed by atoms with Crippen molar-refractivity contribution in [1.82, 2.24) is 25.5 Å². The number of oxime groups is 1. The molecule has 3 unspecified atom stereocenters. The number of carbonyl (C=O) groups excluding carboxylic acids is 2. The van der Waals surface area contributed by atoms with Gasteiger partial charge in [0.1, 0.15) is 16.4 Å². The Morgan fingerprint density at radius 2 is 2.19 bits per heavy atom. The molecule has 1 aromatic rings. The molecule has 2 aliphatic rings. The van der Waals surface area contributed by atoms with Crippen molar-refractivity contribution in [1.29, 1.82) is 0 Å². The molecule has 1 fully saturated rings. The maximum atomic E-state index is 12.4. The number of carbonyl (C=O) groups is 3. The van der Waals surface area contributed by atoms with E-state index in [1.165, 1.54) is 18.6 Å². The van der Waals surface area contributed by atoms with Crippen molar-refractivity contribution in [3.8, 4) is 0 Å². The molecule has 1 saturated heterocycles. The van der Waals surface area contributed by atoms with Crippen LogP contribution in [0.5, 0.6) is 0 Å². The molecule has 12 heteroatoms. The van der Waals surface area contributed by atoms with Gasteiger partial charge in [-0.1, -0.05) is 5.16 Å². The van der Waals surface area contributed by atoms with Crippen LogP contribution in [0.2, 0.25) is 0 Å². The molecule has 0 spiro atoms. The third kappa shape index (κ3) is 4.70. The zero-order chi connectivity index (χ0) is 19.4. The normalized spacial score (nSPS) is 24.1. The molecule has 11 nitrogen and oxygen atoms in total. The van der Waals surface area contributed by atoms with Gasteiger partial charge in [0.2, 0.25) is 5.91 Å². The highest BCUT2D eigenvalue weighted by atomic mass is 79.9. The predicted molar refractivity (Wildman–Crippen MR) is 95.3 cm³/mol. The largest absolute Gasteiger partial charge is 0.465 e. The summed E-state index contributed by atoms with van der Waals surface area (Å²) in [5.41, 5.74) is 0.122. The SMILES string of the molecule is O=C(NC1CC(C(=O)NCC2CC(Br)=NO2)N(C(=O)O)C1)c1cnccn1. The summed E-state index contributed by atoms with van der Waals surface area (Å²) in [6.45, 7) is 0.214. The number of aromatic nitrogens is 2. The molecule has 3 atom stereocenters. The van der Waals surface area contributed by atoms with Crippen molar-refractivity contribution in [2.75, 3.05) is 13.1 Å². The summed E-state index contributed by atoms with van der Waals surface area (Å²) in [4.78, 5) is 49.9. The zero-order valence-electron chi connectivity index (χ0n) is 14.0. The van der Waals surface area contributed by atoms with Crippen molar-refractivity contribution < 1.29 is 24.3 Å². The number of halogens is 1. The number of nitrogens with one attached hydrogen (secondary N) is 2. The van der Waals surface area contributed by atoms with Gasteiger partial charge >= 0.3 is 6.09 Å². The molecule has 2 aliphatic heterocycles. The standard InChI is InChI=1S/C15H17BrN6O5/c16-12-4-9(27-21-12)5-19-14(24)11-3-8(7-22(11)15(25)26)20-13(23)10-6-17-1-2-18-10/h1-2,6,8-9,11H,3-5,7H2,(H,19,24)(H,20,23)(H,25,26). The molecule has 0 saturated carbocycles. The summed E-state index contributed by atoms with van der Waals surface area (Å²) >= 11 is 3.21. The van der Waals surface area contributed by atoms with E-state index in [9.17, 15) is 19.5 Å². The van der Waals surface area contributed by atoms with Gasteiger partial charge in [0, 0.05) is 31.4 Å². The number of nitrogens with zero attached hydrogens (tertiary/aromatic N) is 4. The van der Waals surface area contributed by atoms with Gasteiger partial charge in [0.15, 0.2) is 6.10 Å². The Balaban J connectivity index is 1.56. The fourth-order valence-corrected chi connectivity index (χ4v) is 3.36. The van der Waals surface area contributed by atoms with Crippen LogP contribution in [0.3, 0.4) is 0 Å². The Morgan fingerprint density at radius 3 is 2.81 bits per heavy atom. The fraction of sp³-hybridized carbons (Fsp3) is 0.467. The van der Waals surface area contributed by atoms with Crippen LogP contribution >= 0.6 is 15.9 Å². The monoisotopic (exact) mass is 440 g/mol. The number of likely N-dealkylation sites (tertiary alicyclic amines) is 1. The lowest BCUT2D eigenvalue weighted by Crippen LogP contribution is -2.47. The highest BCUT2D eigenvalue weighted by Gasteiger charge is 2.40. The van der Waals surface area contributed by atoms with Crippen LogP contribution in [0, 0.1) is 0 Å². The van der Waals surface area contributed by atoms with Crippen LogP contribution in [-0.4, -0.2) is 73.8 Å². The Bertz CT molecular complexity index is 760. The van der Waals surface area contributed by atoms with E-state index in [0.717, 1.165) is 4.90 Å². The van der Waals surface area contributed by atoms with E-state index in [0.29, 0.717) is 11.0 Å². The first-order valence-corrected chi connectivity index (χ1v) is 8.95. The van der Waals surface area contributed by atoms with Crippen molar-refractivity contribution in [2.45, 2.75) is 31.0 Å². The van der Waals surface area contributed by atoms with Gasteiger partial charge in [-0.25, -0.2) is 9.78 Å². The molecular weight excluding hydrogens is 424 g/mol. The molecule has 1 aromatic heterocycles. The van der Waals surface area contributed by atoms with Crippen LogP contribution < -0.4 is 10.6 Å². The number of amides is 3. The molecule has 0 aromatic carbocycles. The summed E-state index contributed by atoms with van der Waals surface area (Å²) in [5.74, 6) is -0.916. The Labute approximate surface area is 162 Å². The van der Waals surface area contributed by atoms with Gasteiger partial charge in [-0.15, -0.1) is 0 Å². The zero-order valence-corrected chi connectivity index (χ0v) is 15.6. The molecule has 144 valence electrons. The summed E-state index contributed by atoms with van der Waals surface area (Å²) in [7, 11) is 0. The lowest BCUT2D eigenvalue weighted by atomic mass is 10.1. The lowest BCUT2D eigenvalue weighted by Gasteiger charge is -2.21. The van der Waals surface area contributed by atoms with Crippen LogP contribution in [0.15, 0.2) is 23.7 Å². The molecule has 3 N–H and O–H groups in total. The molecular formula is C15H17BrN6O5.